The van der Waals surface area contributed by atoms with Gasteiger partial charge in [0.1, 0.15) is 0 Å². The molecule has 0 saturated carbocycles. The van der Waals surface area contributed by atoms with Gasteiger partial charge in [-0.3, -0.25) is 4.79 Å². The van der Waals surface area contributed by atoms with Crippen LogP contribution in [0.5, 0.6) is 5.75 Å². The predicted octanol–water partition coefficient (Wildman–Crippen LogP) is 2.97. The first-order chi connectivity index (χ1) is 11.7. The van der Waals surface area contributed by atoms with E-state index in [0.717, 1.165) is 12.0 Å². The Morgan fingerprint density at radius 3 is 2.50 bits per heavy atom. The fourth-order valence-corrected chi connectivity index (χ4v) is 2.35. The van der Waals surface area contributed by atoms with Crippen molar-refractivity contribution in [2.45, 2.75) is 19.4 Å². The van der Waals surface area contributed by atoms with Gasteiger partial charge in [0.05, 0.1) is 13.0 Å². The van der Waals surface area contributed by atoms with Crippen LogP contribution in [0.25, 0.3) is 0 Å². The Balaban J connectivity index is 1.88. The number of nitrogens with zero attached hydrogens (tertiary/aromatic N) is 1. The van der Waals surface area contributed by atoms with E-state index in [0.29, 0.717) is 19.6 Å². The van der Waals surface area contributed by atoms with Crippen LogP contribution in [-0.4, -0.2) is 30.5 Å². The Labute approximate surface area is 142 Å². The Hall–Kier alpha value is -2.40. The van der Waals surface area contributed by atoms with Gasteiger partial charge in [-0.25, -0.2) is 4.39 Å². The number of hydrogen-bond donors (Lipinski definition) is 1. The molecule has 0 atom stereocenters. The fourth-order valence-electron chi connectivity index (χ4n) is 2.35. The fraction of sp³-hybridized carbons (Fsp3) is 0.316. The number of benzene rings is 2. The Bertz CT molecular complexity index is 634. The van der Waals surface area contributed by atoms with Gasteiger partial charge in [0.2, 0.25) is 5.91 Å². The summed E-state index contributed by atoms with van der Waals surface area (Å²) in [6, 6.07) is 16.0. The molecule has 0 aliphatic heterocycles. The second kappa shape index (κ2) is 9.67. The molecule has 0 saturated heterocycles. The molecule has 0 radical (unpaired) electrons. The number of carbonyl (C=O) groups excluding carboxylic acids is 1. The third-order valence-electron chi connectivity index (χ3n) is 3.61. The highest BCUT2D eigenvalue weighted by molar-refractivity contribution is 5.76. The van der Waals surface area contributed by atoms with Gasteiger partial charge in [-0.2, -0.15) is 0 Å². The average Bonchev–Trinajstić information content (AvgIpc) is 2.61. The molecule has 0 aliphatic rings. The molecule has 0 aliphatic carbocycles. The minimum Gasteiger partial charge on any atom is -0.490 e. The van der Waals surface area contributed by atoms with Gasteiger partial charge in [0.15, 0.2) is 11.6 Å². The van der Waals surface area contributed by atoms with E-state index in [9.17, 15) is 9.18 Å². The Morgan fingerprint density at radius 1 is 1.08 bits per heavy atom. The molecular formula is C19H23FN2O2. The molecule has 2 aromatic rings. The van der Waals surface area contributed by atoms with Crippen LogP contribution in [0.4, 0.5) is 4.39 Å². The molecular weight excluding hydrogens is 307 g/mol. The lowest BCUT2D eigenvalue weighted by Gasteiger charge is -2.23. The van der Waals surface area contributed by atoms with Crippen molar-refractivity contribution in [1.82, 2.24) is 4.90 Å². The largest absolute Gasteiger partial charge is 0.490 e. The number of para-hydroxylation sites is 1. The first-order valence-corrected chi connectivity index (χ1v) is 8.10. The summed E-state index contributed by atoms with van der Waals surface area (Å²) < 4.78 is 18.9. The van der Waals surface area contributed by atoms with E-state index in [1.54, 1.807) is 23.1 Å². The third-order valence-corrected chi connectivity index (χ3v) is 3.61. The van der Waals surface area contributed by atoms with Gasteiger partial charge in [0, 0.05) is 13.1 Å². The van der Waals surface area contributed by atoms with E-state index < -0.39 is 5.82 Å². The van der Waals surface area contributed by atoms with Crippen LogP contribution in [0.15, 0.2) is 54.6 Å². The summed E-state index contributed by atoms with van der Waals surface area (Å²) in [5, 5.41) is 0. The summed E-state index contributed by atoms with van der Waals surface area (Å²) in [4.78, 5) is 14.2. The van der Waals surface area contributed by atoms with Gasteiger partial charge in [-0.15, -0.1) is 0 Å². The van der Waals surface area contributed by atoms with Crippen LogP contribution in [0.2, 0.25) is 0 Å². The van der Waals surface area contributed by atoms with Gasteiger partial charge in [-0.05, 0) is 30.7 Å². The second-order valence-electron chi connectivity index (χ2n) is 5.47. The van der Waals surface area contributed by atoms with E-state index in [1.165, 1.54) is 6.07 Å². The lowest BCUT2D eigenvalue weighted by atomic mass is 10.2. The molecule has 0 unspecified atom stereocenters. The minimum absolute atomic E-state index is 0.0244. The summed E-state index contributed by atoms with van der Waals surface area (Å²) in [5.41, 5.74) is 6.63. The molecule has 0 heterocycles. The van der Waals surface area contributed by atoms with Crippen LogP contribution in [0, 0.1) is 5.82 Å². The summed E-state index contributed by atoms with van der Waals surface area (Å²) in [7, 11) is 0. The SMILES string of the molecule is NCCCN(Cc1ccccc1)C(=O)CCOc1ccccc1F. The molecule has 5 heteroatoms. The number of hydrogen-bond acceptors (Lipinski definition) is 3. The topological polar surface area (TPSA) is 55.6 Å². The molecule has 1 amide bonds. The van der Waals surface area contributed by atoms with Crippen LogP contribution >= 0.6 is 0 Å². The number of ether oxygens (including phenoxy) is 1. The predicted molar refractivity (Wildman–Crippen MR) is 92.0 cm³/mol. The maximum Gasteiger partial charge on any atom is 0.226 e. The van der Waals surface area contributed by atoms with Crippen LogP contribution in [0.1, 0.15) is 18.4 Å². The van der Waals surface area contributed by atoms with Gasteiger partial charge in [-0.1, -0.05) is 42.5 Å². The lowest BCUT2D eigenvalue weighted by molar-refractivity contribution is -0.132. The van der Waals surface area contributed by atoms with E-state index in [1.807, 2.05) is 30.3 Å². The molecule has 24 heavy (non-hydrogen) atoms. The molecule has 0 spiro atoms. The van der Waals surface area contributed by atoms with E-state index >= 15 is 0 Å². The van der Waals surface area contributed by atoms with Crippen molar-refractivity contribution in [2.75, 3.05) is 19.7 Å². The second-order valence-corrected chi connectivity index (χ2v) is 5.47. The smallest absolute Gasteiger partial charge is 0.226 e. The molecule has 0 aromatic heterocycles. The maximum atomic E-state index is 13.5. The van der Waals surface area contributed by atoms with E-state index in [4.69, 9.17) is 10.5 Å². The molecule has 4 nitrogen and oxygen atoms in total. The van der Waals surface area contributed by atoms with Crippen LogP contribution in [-0.2, 0) is 11.3 Å². The number of carbonyl (C=O) groups is 1. The van der Waals surface area contributed by atoms with Crippen molar-refractivity contribution in [3.63, 3.8) is 0 Å². The van der Waals surface area contributed by atoms with Gasteiger partial charge >= 0.3 is 0 Å². The van der Waals surface area contributed by atoms with E-state index in [2.05, 4.69) is 0 Å². The summed E-state index contributed by atoms with van der Waals surface area (Å²) in [6.45, 7) is 1.82. The lowest BCUT2D eigenvalue weighted by Crippen LogP contribution is -2.33. The zero-order chi connectivity index (χ0) is 17.2. The molecule has 2 aromatic carbocycles. The van der Waals surface area contributed by atoms with Crippen molar-refractivity contribution in [3.8, 4) is 5.75 Å². The third kappa shape index (κ3) is 5.66. The monoisotopic (exact) mass is 330 g/mol. The first-order valence-electron chi connectivity index (χ1n) is 8.10. The van der Waals surface area contributed by atoms with Gasteiger partial charge < -0.3 is 15.4 Å². The number of rotatable bonds is 9. The molecule has 0 fully saturated rings. The van der Waals surface area contributed by atoms with Crippen molar-refractivity contribution >= 4 is 5.91 Å². The highest BCUT2D eigenvalue weighted by atomic mass is 19.1. The number of nitrogens with two attached hydrogens (primary N) is 1. The highest BCUT2D eigenvalue weighted by Crippen LogP contribution is 2.15. The van der Waals surface area contributed by atoms with Gasteiger partial charge in [0.25, 0.3) is 0 Å². The standard InChI is InChI=1S/C19H23FN2O2/c20-17-9-4-5-10-18(17)24-14-11-19(23)22(13-6-12-21)15-16-7-2-1-3-8-16/h1-5,7-10H,6,11-15,21H2. The first kappa shape index (κ1) is 17.9. The van der Waals surface area contributed by atoms with Crippen LogP contribution < -0.4 is 10.5 Å². The average molecular weight is 330 g/mol. The summed E-state index contributed by atoms with van der Waals surface area (Å²) in [6.07, 6.45) is 0.943. The summed E-state index contributed by atoms with van der Waals surface area (Å²) >= 11 is 0. The summed E-state index contributed by atoms with van der Waals surface area (Å²) in [5.74, 6) is -0.278. The van der Waals surface area contributed by atoms with Crippen LogP contribution in [0.3, 0.4) is 0 Å². The Morgan fingerprint density at radius 2 is 1.79 bits per heavy atom. The van der Waals surface area contributed by atoms with Crippen molar-refractivity contribution < 1.29 is 13.9 Å². The Kier molecular flexibility index (Phi) is 7.23. The zero-order valence-electron chi connectivity index (χ0n) is 13.7. The zero-order valence-corrected chi connectivity index (χ0v) is 13.7. The minimum atomic E-state index is -0.422. The molecule has 2 rings (SSSR count). The maximum absolute atomic E-state index is 13.5. The van der Waals surface area contributed by atoms with Crippen molar-refractivity contribution in [1.29, 1.82) is 0 Å². The normalized spacial score (nSPS) is 10.4. The van der Waals surface area contributed by atoms with Crippen molar-refractivity contribution in [2.24, 2.45) is 5.73 Å². The highest BCUT2D eigenvalue weighted by Gasteiger charge is 2.14. The van der Waals surface area contributed by atoms with Crippen molar-refractivity contribution in [3.05, 3.63) is 66.0 Å². The number of halogens is 1. The number of amides is 1. The molecule has 2 N–H and O–H groups in total. The molecule has 0 bridgehead atoms. The molecule has 128 valence electrons. The van der Waals surface area contributed by atoms with E-state index in [-0.39, 0.29) is 24.7 Å². The quantitative estimate of drug-likeness (QED) is 0.769.